The van der Waals surface area contributed by atoms with Crippen LogP contribution in [0.4, 0.5) is 5.69 Å². The van der Waals surface area contributed by atoms with E-state index in [-0.39, 0.29) is 5.69 Å². The molecular formula is C15H14ClN3O4. The highest BCUT2D eigenvalue weighted by molar-refractivity contribution is 6.30. The van der Waals surface area contributed by atoms with E-state index >= 15 is 0 Å². The molecule has 3 rings (SSSR count). The number of nitrogens with zero attached hydrogens (tertiary/aromatic N) is 3. The Kier molecular flexibility index (Phi) is 4.59. The van der Waals surface area contributed by atoms with Crippen LogP contribution in [-0.4, -0.2) is 42.5 Å². The molecule has 2 heterocycles. The number of halogens is 1. The topological polar surface area (TPSA) is 81.1 Å². The van der Waals surface area contributed by atoms with Gasteiger partial charge in [-0.1, -0.05) is 11.6 Å². The Hall–Kier alpha value is -2.38. The van der Waals surface area contributed by atoms with Crippen molar-refractivity contribution < 1.29 is 14.1 Å². The van der Waals surface area contributed by atoms with E-state index in [2.05, 4.69) is 5.10 Å². The minimum atomic E-state index is -0.481. The number of hydrazone groups is 1. The molecule has 0 N–H and O–H groups in total. The summed E-state index contributed by atoms with van der Waals surface area (Å²) in [7, 11) is 0. The SMILES string of the molecule is O=[N+]([O-])c1cc(Cl)ccc1-c1ccc(/C=N\N2CCOCC2)o1. The summed E-state index contributed by atoms with van der Waals surface area (Å²) in [6, 6.07) is 7.87. The average Bonchev–Trinajstić information content (AvgIpc) is 3.02. The Morgan fingerprint density at radius 1 is 1.26 bits per heavy atom. The van der Waals surface area contributed by atoms with Crippen molar-refractivity contribution in [3.63, 3.8) is 0 Å². The fraction of sp³-hybridized carbons (Fsp3) is 0.267. The number of nitro groups is 1. The Bertz CT molecular complexity index is 738. The summed E-state index contributed by atoms with van der Waals surface area (Å²) >= 11 is 5.82. The van der Waals surface area contributed by atoms with Crippen molar-refractivity contribution in [1.82, 2.24) is 5.01 Å². The molecule has 0 radical (unpaired) electrons. The van der Waals surface area contributed by atoms with Gasteiger partial charge in [-0.2, -0.15) is 5.10 Å². The highest BCUT2D eigenvalue weighted by Crippen LogP contribution is 2.33. The predicted molar refractivity (Wildman–Crippen MR) is 85.8 cm³/mol. The van der Waals surface area contributed by atoms with Crippen LogP contribution in [0.3, 0.4) is 0 Å². The smallest absolute Gasteiger partial charge is 0.281 e. The van der Waals surface area contributed by atoms with Gasteiger partial charge in [-0.15, -0.1) is 0 Å². The third-order valence-electron chi connectivity index (χ3n) is 3.38. The second-order valence-corrected chi connectivity index (χ2v) is 5.37. The molecule has 1 fully saturated rings. The maximum Gasteiger partial charge on any atom is 0.281 e. The largest absolute Gasteiger partial charge is 0.455 e. The molecule has 0 spiro atoms. The Balaban J connectivity index is 1.82. The van der Waals surface area contributed by atoms with Crippen LogP contribution in [0.2, 0.25) is 5.02 Å². The molecule has 23 heavy (non-hydrogen) atoms. The van der Waals surface area contributed by atoms with E-state index in [1.54, 1.807) is 30.5 Å². The standard InChI is InChI=1S/C15H14ClN3O4/c16-11-1-3-13(14(9-11)19(20)21)15-4-2-12(23-15)10-17-18-5-7-22-8-6-18/h1-4,9-10H,5-8H2/b17-10-. The van der Waals surface area contributed by atoms with Gasteiger partial charge in [0.15, 0.2) is 0 Å². The van der Waals surface area contributed by atoms with Gasteiger partial charge in [0, 0.05) is 11.1 Å². The normalized spacial score (nSPS) is 15.3. The molecule has 0 atom stereocenters. The van der Waals surface area contributed by atoms with Gasteiger partial charge in [0.1, 0.15) is 11.5 Å². The highest BCUT2D eigenvalue weighted by Gasteiger charge is 2.18. The first kappa shape index (κ1) is 15.5. The number of benzene rings is 1. The fourth-order valence-electron chi connectivity index (χ4n) is 2.24. The first-order valence-corrected chi connectivity index (χ1v) is 7.42. The van der Waals surface area contributed by atoms with Crippen LogP contribution in [0.1, 0.15) is 5.76 Å². The number of nitro benzene ring substituents is 1. The van der Waals surface area contributed by atoms with Crippen molar-refractivity contribution in [3.8, 4) is 11.3 Å². The average molecular weight is 336 g/mol. The van der Waals surface area contributed by atoms with Gasteiger partial charge in [-0.3, -0.25) is 15.1 Å². The van der Waals surface area contributed by atoms with Gasteiger partial charge in [0.05, 0.1) is 43.0 Å². The summed E-state index contributed by atoms with van der Waals surface area (Å²) in [6.07, 6.45) is 1.59. The van der Waals surface area contributed by atoms with Crippen molar-refractivity contribution in [2.75, 3.05) is 26.3 Å². The molecule has 1 aromatic carbocycles. The zero-order valence-corrected chi connectivity index (χ0v) is 12.9. The van der Waals surface area contributed by atoms with Crippen LogP contribution < -0.4 is 0 Å². The molecule has 0 unspecified atom stereocenters. The molecule has 0 amide bonds. The second-order valence-electron chi connectivity index (χ2n) is 4.93. The highest BCUT2D eigenvalue weighted by atomic mass is 35.5. The molecule has 0 saturated carbocycles. The quantitative estimate of drug-likeness (QED) is 0.487. The van der Waals surface area contributed by atoms with Crippen LogP contribution >= 0.6 is 11.6 Å². The number of furan rings is 1. The van der Waals surface area contributed by atoms with Gasteiger partial charge < -0.3 is 9.15 Å². The van der Waals surface area contributed by atoms with Crippen LogP contribution in [-0.2, 0) is 4.74 Å². The van der Waals surface area contributed by atoms with Crippen molar-refractivity contribution in [2.24, 2.45) is 5.10 Å². The van der Waals surface area contributed by atoms with E-state index in [1.165, 1.54) is 6.07 Å². The monoisotopic (exact) mass is 335 g/mol. The Morgan fingerprint density at radius 2 is 2.04 bits per heavy atom. The van der Waals surface area contributed by atoms with E-state index in [4.69, 9.17) is 20.8 Å². The van der Waals surface area contributed by atoms with E-state index in [0.717, 1.165) is 13.1 Å². The number of ether oxygens (including phenoxy) is 1. The van der Waals surface area contributed by atoms with Gasteiger partial charge in [0.25, 0.3) is 5.69 Å². The minimum absolute atomic E-state index is 0.0940. The number of rotatable bonds is 4. The van der Waals surface area contributed by atoms with Crippen LogP contribution in [0, 0.1) is 10.1 Å². The summed E-state index contributed by atoms with van der Waals surface area (Å²) in [4.78, 5) is 10.7. The lowest BCUT2D eigenvalue weighted by Crippen LogP contribution is -2.32. The maximum atomic E-state index is 11.1. The van der Waals surface area contributed by atoms with E-state index in [1.807, 2.05) is 5.01 Å². The van der Waals surface area contributed by atoms with Crippen LogP contribution in [0.15, 0.2) is 39.9 Å². The lowest BCUT2D eigenvalue weighted by atomic mass is 10.1. The molecule has 0 bridgehead atoms. The fourth-order valence-corrected chi connectivity index (χ4v) is 2.41. The molecule has 1 aromatic heterocycles. The molecule has 8 heteroatoms. The third-order valence-corrected chi connectivity index (χ3v) is 3.62. The number of morpholine rings is 1. The third kappa shape index (κ3) is 3.69. The van der Waals surface area contributed by atoms with Crippen molar-refractivity contribution >= 4 is 23.5 Å². The molecular weight excluding hydrogens is 322 g/mol. The Labute approximate surface area is 137 Å². The van der Waals surface area contributed by atoms with Gasteiger partial charge in [-0.25, -0.2) is 0 Å². The van der Waals surface area contributed by atoms with Gasteiger partial charge in [-0.05, 0) is 24.3 Å². The first-order valence-electron chi connectivity index (χ1n) is 7.04. The summed E-state index contributed by atoms with van der Waals surface area (Å²) in [6.45, 7) is 2.76. The van der Waals surface area contributed by atoms with Gasteiger partial charge >= 0.3 is 0 Å². The first-order chi connectivity index (χ1) is 11.1. The zero-order valence-electron chi connectivity index (χ0n) is 12.1. The molecule has 1 aliphatic rings. The van der Waals surface area contributed by atoms with Crippen molar-refractivity contribution in [2.45, 2.75) is 0 Å². The molecule has 1 aliphatic heterocycles. The van der Waals surface area contributed by atoms with E-state index < -0.39 is 4.92 Å². The molecule has 7 nitrogen and oxygen atoms in total. The summed E-state index contributed by atoms with van der Waals surface area (Å²) in [5.74, 6) is 0.924. The van der Waals surface area contributed by atoms with Crippen molar-refractivity contribution in [1.29, 1.82) is 0 Å². The molecule has 2 aromatic rings. The molecule has 0 aliphatic carbocycles. The summed E-state index contributed by atoms with van der Waals surface area (Å²) < 4.78 is 10.9. The van der Waals surface area contributed by atoms with Crippen LogP contribution in [0.5, 0.6) is 0 Å². The number of hydrogen-bond acceptors (Lipinski definition) is 6. The second kappa shape index (κ2) is 6.80. The molecule has 120 valence electrons. The Morgan fingerprint density at radius 3 is 2.78 bits per heavy atom. The predicted octanol–water partition coefficient (Wildman–Crippen LogP) is 3.17. The number of hydrogen-bond donors (Lipinski definition) is 0. The van der Waals surface area contributed by atoms with E-state index in [0.29, 0.717) is 35.3 Å². The summed E-state index contributed by atoms with van der Waals surface area (Å²) in [5, 5.41) is 17.7. The lowest BCUT2D eigenvalue weighted by molar-refractivity contribution is -0.384. The molecule has 1 saturated heterocycles. The minimum Gasteiger partial charge on any atom is -0.455 e. The van der Waals surface area contributed by atoms with Gasteiger partial charge in [0.2, 0.25) is 0 Å². The zero-order chi connectivity index (χ0) is 16.2. The summed E-state index contributed by atoms with van der Waals surface area (Å²) in [5.41, 5.74) is 0.286. The maximum absolute atomic E-state index is 11.1. The van der Waals surface area contributed by atoms with Crippen LogP contribution in [0.25, 0.3) is 11.3 Å². The van der Waals surface area contributed by atoms with E-state index in [9.17, 15) is 10.1 Å². The van der Waals surface area contributed by atoms with Crippen molar-refractivity contribution in [3.05, 3.63) is 51.2 Å². The lowest BCUT2D eigenvalue weighted by Gasteiger charge is -2.23.